The number of nitro benzene ring substituents is 1. The Bertz CT molecular complexity index is 479. The number of hydrogen-bond donors (Lipinski definition) is 1. The van der Waals surface area contributed by atoms with Crippen LogP contribution >= 0.6 is 11.8 Å². The summed E-state index contributed by atoms with van der Waals surface area (Å²) < 4.78 is 26.8. The van der Waals surface area contributed by atoms with Gasteiger partial charge in [-0.1, -0.05) is 6.42 Å². The smallest absolute Gasteiger partial charge is 0.295 e. The third-order valence-corrected chi connectivity index (χ3v) is 4.45. The van der Waals surface area contributed by atoms with E-state index in [4.69, 9.17) is 0 Å². The van der Waals surface area contributed by atoms with Gasteiger partial charge in [0.1, 0.15) is 0 Å². The quantitative estimate of drug-likeness (QED) is 0.679. The van der Waals surface area contributed by atoms with Crippen molar-refractivity contribution in [2.75, 3.05) is 17.6 Å². The monoisotopic (exact) mass is 288 g/mol. The normalized spacial score (nSPS) is 19.2. The van der Waals surface area contributed by atoms with Crippen LogP contribution in [0.15, 0.2) is 12.1 Å². The van der Waals surface area contributed by atoms with Gasteiger partial charge in [0.2, 0.25) is 0 Å². The topological polar surface area (TPSA) is 55.2 Å². The van der Waals surface area contributed by atoms with E-state index in [0.717, 1.165) is 37.1 Å². The lowest BCUT2D eigenvalue weighted by Gasteiger charge is -2.22. The van der Waals surface area contributed by atoms with E-state index in [9.17, 15) is 18.9 Å². The number of nitrogens with zero attached hydrogens (tertiary/aromatic N) is 1. The zero-order valence-corrected chi connectivity index (χ0v) is 11.0. The van der Waals surface area contributed by atoms with E-state index in [1.807, 2.05) is 0 Å². The number of rotatable bonds is 4. The Morgan fingerprint density at radius 1 is 1.42 bits per heavy atom. The highest BCUT2D eigenvalue weighted by atomic mass is 32.2. The van der Waals surface area contributed by atoms with Gasteiger partial charge < -0.3 is 5.32 Å². The molecule has 1 aliphatic rings. The zero-order chi connectivity index (χ0) is 13.8. The molecule has 0 aromatic heterocycles. The first-order chi connectivity index (χ1) is 9.09. The Morgan fingerprint density at radius 2 is 2.21 bits per heavy atom. The maximum absolute atomic E-state index is 13.6. The van der Waals surface area contributed by atoms with Crippen molar-refractivity contribution in [3.8, 4) is 0 Å². The lowest BCUT2D eigenvalue weighted by atomic mass is 10.2. The van der Waals surface area contributed by atoms with Crippen LogP contribution in [0.4, 0.5) is 20.2 Å². The highest BCUT2D eigenvalue weighted by molar-refractivity contribution is 7.99. The first-order valence-electron chi connectivity index (χ1n) is 6.07. The molecule has 0 bridgehead atoms. The Kier molecular flexibility index (Phi) is 4.57. The third-order valence-electron chi connectivity index (χ3n) is 3.05. The summed E-state index contributed by atoms with van der Waals surface area (Å²) in [4.78, 5) is 10.1. The van der Waals surface area contributed by atoms with Crippen LogP contribution in [-0.4, -0.2) is 22.5 Å². The van der Waals surface area contributed by atoms with Crippen LogP contribution in [-0.2, 0) is 0 Å². The maximum atomic E-state index is 13.6. The van der Waals surface area contributed by atoms with Crippen molar-refractivity contribution in [1.82, 2.24) is 0 Å². The lowest BCUT2D eigenvalue weighted by molar-refractivity contribution is -0.384. The van der Waals surface area contributed by atoms with E-state index in [-0.39, 0.29) is 10.9 Å². The van der Waals surface area contributed by atoms with E-state index in [1.54, 1.807) is 11.8 Å². The molecule has 1 unspecified atom stereocenters. The van der Waals surface area contributed by atoms with Gasteiger partial charge in [-0.3, -0.25) is 10.1 Å². The van der Waals surface area contributed by atoms with E-state index in [2.05, 4.69) is 5.32 Å². The number of nitrogens with one attached hydrogen (secondary N) is 1. The van der Waals surface area contributed by atoms with Gasteiger partial charge in [-0.25, -0.2) is 8.78 Å². The molecule has 1 aromatic rings. The largest absolute Gasteiger partial charge is 0.376 e. The minimum absolute atomic E-state index is 0.288. The van der Waals surface area contributed by atoms with Crippen molar-refractivity contribution < 1.29 is 13.7 Å². The average Bonchev–Trinajstić information content (AvgIpc) is 2.41. The molecule has 1 fully saturated rings. The van der Waals surface area contributed by atoms with Crippen LogP contribution in [0.25, 0.3) is 0 Å². The molecule has 7 heteroatoms. The second kappa shape index (κ2) is 6.18. The zero-order valence-electron chi connectivity index (χ0n) is 10.2. The molecule has 0 spiro atoms. The lowest BCUT2D eigenvalue weighted by Crippen LogP contribution is -2.21. The molecule has 19 heavy (non-hydrogen) atoms. The van der Waals surface area contributed by atoms with Crippen LogP contribution in [0, 0.1) is 21.7 Å². The van der Waals surface area contributed by atoms with Gasteiger partial charge in [0.05, 0.1) is 4.92 Å². The number of hydrogen-bond acceptors (Lipinski definition) is 4. The molecule has 1 aromatic carbocycles. The molecule has 1 heterocycles. The number of nitro groups is 1. The second-order valence-electron chi connectivity index (χ2n) is 4.38. The molecule has 4 nitrogen and oxygen atoms in total. The molecule has 104 valence electrons. The number of halogens is 2. The highest BCUT2D eigenvalue weighted by Crippen LogP contribution is 2.31. The van der Waals surface area contributed by atoms with Gasteiger partial charge in [-0.15, -0.1) is 0 Å². The second-order valence-corrected chi connectivity index (χ2v) is 5.79. The van der Waals surface area contributed by atoms with Gasteiger partial charge in [-0.05, 0) is 24.7 Å². The Balaban J connectivity index is 2.13. The number of thioether (sulfide) groups is 1. The molecular formula is C12H14F2N2O2S. The SMILES string of the molecule is O=[N+]([O-])c1ccc(F)c(F)c1NCC1CCCCS1. The predicted octanol–water partition coefficient (Wildman–Crippen LogP) is 3.57. The minimum atomic E-state index is -1.19. The van der Waals surface area contributed by atoms with Crippen molar-refractivity contribution in [2.45, 2.75) is 24.5 Å². The Morgan fingerprint density at radius 3 is 2.84 bits per heavy atom. The molecule has 1 N–H and O–H groups in total. The van der Waals surface area contributed by atoms with E-state index in [1.165, 1.54) is 0 Å². The maximum Gasteiger partial charge on any atom is 0.295 e. The van der Waals surface area contributed by atoms with Crippen LogP contribution in [0.5, 0.6) is 0 Å². The summed E-state index contributed by atoms with van der Waals surface area (Å²) in [5.74, 6) is -1.22. The molecular weight excluding hydrogens is 274 g/mol. The molecule has 1 atom stereocenters. The Hall–Kier alpha value is -1.37. The van der Waals surface area contributed by atoms with Crippen LogP contribution in [0.2, 0.25) is 0 Å². The summed E-state index contributed by atoms with van der Waals surface area (Å²) >= 11 is 1.76. The van der Waals surface area contributed by atoms with Crippen molar-refractivity contribution in [1.29, 1.82) is 0 Å². The number of benzene rings is 1. The van der Waals surface area contributed by atoms with Crippen molar-refractivity contribution in [3.63, 3.8) is 0 Å². The average molecular weight is 288 g/mol. The van der Waals surface area contributed by atoms with E-state index < -0.39 is 22.2 Å². The van der Waals surface area contributed by atoms with Crippen LogP contribution in [0.1, 0.15) is 19.3 Å². The molecule has 1 saturated heterocycles. The van der Waals surface area contributed by atoms with Gasteiger partial charge in [0.15, 0.2) is 17.3 Å². The summed E-state index contributed by atoms with van der Waals surface area (Å²) in [7, 11) is 0. The molecule has 1 aliphatic heterocycles. The fraction of sp³-hybridized carbons (Fsp3) is 0.500. The highest BCUT2D eigenvalue weighted by Gasteiger charge is 2.23. The predicted molar refractivity (Wildman–Crippen MR) is 71.6 cm³/mol. The fourth-order valence-corrected chi connectivity index (χ4v) is 3.28. The van der Waals surface area contributed by atoms with Gasteiger partial charge in [-0.2, -0.15) is 11.8 Å². The molecule has 2 rings (SSSR count). The summed E-state index contributed by atoms with van der Waals surface area (Å²) in [6.45, 7) is 0.409. The van der Waals surface area contributed by atoms with E-state index in [0.29, 0.717) is 6.54 Å². The van der Waals surface area contributed by atoms with Crippen LogP contribution in [0.3, 0.4) is 0 Å². The standard InChI is InChI=1S/C12H14F2N2O2S/c13-9-4-5-10(16(17)18)12(11(9)14)15-7-8-3-1-2-6-19-8/h4-5,8,15H,1-3,6-7H2. The van der Waals surface area contributed by atoms with Crippen molar-refractivity contribution in [2.24, 2.45) is 0 Å². The Labute approximate surface area is 113 Å². The summed E-state index contributed by atoms with van der Waals surface area (Å²) in [5, 5.41) is 13.8. The first-order valence-corrected chi connectivity index (χ1v) is 7.12. The summed E-state index contributed by atoms with van der Waals surface area (Å²) in [5.41, 5.74) is -0.782. The van der Waals surface area contributed by atoms with E-state index >= 15 is 0 Å². The van der Waals surface area contributed by atoms with Gasteiger partial charge >= 0.3 is 0 Å². The third kappa shape index (κ3) is 3.34. The molecule has 0 saturated carbocycles. The van der Waals surface area contributed by atoms with Gasteiger partial charge in [0, 0.05) is 17.9 Å². The van der Waals surface area contributed by atoms with Crippen molar-refractivity contribution >= 4 is 23.1 Å². The van der Waals surface area contributed by atoms with Crippen molar-refractivity contribution in [3.05, 3.63) is 33.9 Å². The molecule has 0 aliphatic carbocycles. The minimum Gasteiger partial charge on any atom is -0.376 e. The molecule has 0 amide bonds. The fourth-order valence-electron chi connectivity index (χ4n) is 2.05. The molecule has 0 radical (unpaired) electrons. The van der Waals surface area contributed by atoms with Gasteiger partial charge in [0.25, 0.3) is 5.69 Å². The summed E-state index contributed by atoms with van der Waals surface area (Å²) in [6, 6.07) is 1.75. The summed E-state index contributed by atoms with van der Waals surface area (Å²) in [6.07, 6.45) is 3.26. The first kappa shape index (κ1) is 14.0. The van der Waals surface area contributed by atoms with Crippen LogP contribution < -0.4 is 5.32 Å². The number of anilines is 1.